The van der Waals surface area contributed by atoms with E-state index in [1.807, 2.05) is 0 Å². The third-order valence-electron chi connectivity index (χ3n) is 3.45. The number of anilines is 1. The van der Waals surface area contributed by atoms with Gasteiger partial charge in [-0.25, -0.2) is 8.42 Å². The number of ether oxygens (including phenoxy) is 1. The Balaban J connectivity index is 2.67. The zero-order valence-electron chi connectivity index (χ0n) is 13.8. The number of halogens is 1. The van der Waals surface area contributed by atoms with Crippen LogP contribution < -0.4 is 9.04 Å². The Morgan fingerprint density at radius 1 is 1.16 bits per heavy atom. The number of rotatable bonds is 6. The normalized spacial score (nSPS) is 11.4. The molecule has 134 valence electrons. The van der Waals surface area contributed by atoms with Gasteiger partial charge < -0.3 is 4.74 Å². The van der Waals surface area contributed by atoms with Crippen molar-refractivity contribution in [3.05, 3.63) is 57.6 Å². The molecule has 0 unspecified atom stereocenters. The number of benzene rings is 2. The lowest BCUT2D eigenvalue weighted by Crippen LogP contribution is -2.37. The summed E-state index contributed by atoms with van der Waals surface area (Å²) in [6, 6.07) is 9.33. The second kappa shape index (κ2) is 7.28. The van der Waals surface area contributed by atoms with Crippen LogP contribution >= 0.6 is 11.6 Å². The Morgan fingerprint density at radius 3 is 2.24 bits per heavy atom. The summed E-state index contributed by atoms with van der Waals surface area (Å²) in [7, 11) is -2.80. The first-order valence-corrected chi connectivity index (χ1v) is 9.12. The monoisotopic (exact) mass is 384 g/mol. The van der Waals surface area contributed by atoms with Crippen molar-refractivity contribution >= 4 is 33.0 Å². The van der Waals surface area contributed by atoms with Gasteiger partial charge in [0.2, 0.25) is 0 Å². The fourth-order valence-corrected chi connectivity index (χ4v) is 4.36. The van der Waals surface area contributed by atoms with Crippen molar-refractivity contribution in [2.24, 2.45) is 0 Å². The highest BCUT2D eigenvalue weighted by atomic mass is 35.5. The molecule has 0 aliphatic carbocycles. The molecule has 7 nitrogen and oxygen atoms in total. The van der Waals surface area contributed by atoms with Crippen LogP contribution in [0.25, 0.3) is 0 Å². The number of nitro benzene ring substituents is 1. The minimum atomic E-state index is -4.10. The molecule has 0 saturated carbocycles. The molecule has 0 aliphatic rings. The van der Waals surface area contributed by atoms with Crippen LogP contribution in [0, 0.1) is 10.1 Å². The van der Waals surface area contributed by atoms with E-state index >= 15 is 0 Å². The van der Waals surface area contributed by atoms with Gasteiger partial charge in [0.15, 0.2) is 0 Å². The third kappa shape index (κ3) is 3.85. The van der Waals surface area contributed by atoms with E-state index in [4.69, 9.17) is 16.3 Å². The predicted octanol–water partition coefficient (Wildman–Crippen LogP) is 3.86. The Kier molecular flexibility index (Phi) is 5.54. The lowest BCUT2D eigenvalue weighted by molar-refractivity contribution is -0.385. The average molecular weight is 385 g/mol. The van der Waals surface area contributed by atoms with Gasteiger partial charge in [-0.1, -0.05) is 11.6 Å². The van der Waals surface area contributed by atoms with Crippen LogP contribution in [0.5, 0.6) is 5.75 Å². The van der Waals surface area contributed by atoms with Gasteiger partial charge in [-0.2, -0.15) is 0 Å². The summed E-state index contributed by atoms with van der Waals surface area (Å²) in [5, 5.41) is 11.5. The highest BCUT2D eigenvalue weighted by Crippen LogP contribution is 2.34. The maximum absolute atomic E-state index is 13.2. The molecule has 0 amide bonds. The van der Waals surface area contributed by atoms with E-state index in [0.717, 1.165) is 6.07 Å². The fraction of sp³-hybridized carbons (Fsp3) is 0.250. The Morgan fingerprint density at radius 2 is 1.76 bits per heavy atom. The molecule has 0 atom stereocenters. The van der Waals surface area contributed by atoms with Crippen LogP contribution in [0.4, 0.5) is 11.4 Å². The summed E-state index contributed by atoms with van der Waals surface area (Å²) in [5.41, 5.74) is 0.0622. The van der Waals surface area contributed by atoms with E-state index in [2.05, 4.69) is 0 Å². The second-order valence-corrected chi connectivity index (χ2v) is 7.68. The van der Waals surface area contributed by atoms with Crippen LogP contribution in [0.15, 0.2) is 47.4 Å². The van der Waals surface area contributed by atoms with Crippen LogP contribution in [0.3, 0.4) is 0 Å². The van der Waals surface area contributed by atoms with Gasteiger partial charge in [0, 0.05) is 23.2 Å². The van der Waals surface area contributed by atoms with Crippen molar-refractivity contribution in [1.82, 2.24) is 0 Å². The highest BCUT2D eigenvalue weighted by molar-refractivity contribution is 7.93. The lowest BCUT2D eigenvalue weighted by atomic mass is 10.3. The van der Waals surface area contributed by atoms with Gasteiger partial charge in [0.1, 0.15) is 10.6 Å². The van der Waals surface area contributed by atoms with Crippen molar-refractivity contribution in [2.45, 2.75) is 24.8 Å². The van der Waals surface area contributed by atoms with Crippen molar-refractivity contribution in [2.75, 3.05) is 11.4 Å². The Bertz CT molecular complexity index is 882. The smallest absolute Gasteiger partial charge is 0.271 e. The van der Waals surface area contributed by atoms with Gasteiger partial charge in [-0.3, -0.25) is 14.4 Å². The number of nitro groups is 1. The maximum atomic E-state index is 13.2. The molecule has 0 spiro atoms. The van der Waals surface area contributed by atoms with E-state index in [1.54, 1.807) is 38.1 Å². The highest BCUT2D eigenvalue weighted by Gasteiger charge is 2.31. The van der Waals surface area contributed by atoms with Gasteiger partial charge in [-0.05, 0) is 44.2 Å². The van der Waals surface area contributed by atoms with Crippen LogP contribution in [0.2, 0.25) is 5.02 Å². The summed E-state index contributed by atoms with van der Waals surface area (Å²) in [4.78, 5) is 10.1. The molecule has 0 saturated heterocycles. The standard InChI is InChI=1S/C16H17ClN2O5S/c1-11(2)18(13-6-4-12(17)5-7-13)25(22,23)16-10-14(19(20)21)8-9-15(16)24-3/h4-11H,1-3H3. The number of hydrogen-bond acceptors (Lipinski definition) is 5. The summed E-state index contributed by atoms with van der Waals surface area (Å²) >= 11 is 5.87. The molecule has 2 aromatic rings. The summed E-state index contributed by atoms with van der Waals surface area (Å²) in [5.74, 6) is 0.0326. The minimum absolute atomic E-state index is 0.0326. The molecular weight excluding hydrogens is 368 g/mol. The molecule has 0 fully saturated rings. The molecule has 2 rings (SSSR count). The van der Waals surface area contributed by atoms with Gasteiger partial charge in [0.05, 0.1) is 17.7 Å². The van der Waals surface area contributed by atoms with E-state index in [0.29, 0.717) is 10.7 Å². The van der Waals surface area contributed by atoms with E-state index in [1.165, 1.54) is 23.5 Å². The third-order valence-corrected chi connectivity index (χ3v) is 5.72. The van der Waals surface area contributed by atoms with E-state index in [-0.39, 0.29) is 16.3 Å². The quantitative estimate of drug-likeness (QED) is 0.557. The zero-order chi connectivity index (χ0) is 18.8. The number of non-ortho nitro benzene ring substituents is 1. The van der Waals surface area contributed by atoms with Gasteiger partial charge in [0.25, 0.3) is 15.7 Å². The van der Waals surface area contributed by atoms with E-state index < -0.39 is 21.0 Å². The zero-order valence-corrected chi connectivity index (χ0v) is 15.4. The lowest BCUT2D eigenvalue weighted by Gasteiger charge is -2.28. The molecule has 25 heavy (non-hydrogen) atoms. The summed E-state index contributed by atoms with van der Waals surface area (Å²) in [6.45, 7) is 3.41. The Labute approximate surface area is 151 Å². The number of nitrogens with zero attached hydrogens (tertiary/aromatic N) is 2. The first kappa shape index (κ1) is 19.0. The predicted molar refractivity (Wildman–Crippen MR) is 95.9 cm³/mol. The van der Waals surface area contributed by atoms with Crippen LogP contribution in [0.1, 0.15) is 13.8 Å². The molecule has 2 aromatic carbocycles. The molecule has 0 radical (unpaired) electrons. The molecule has 0 bridgehead atoms. The molecule has 0 aliphatic heterocycles. The number of sulfonamides is 1. The van der Waals surface area contributed by atoms with Crippen molar-refractivity contribution in [3.63, 3.8) is 0 Å². The molecule has 0 N–H and O–H groups in total. The average Bonchev–Trinajstić information content (AvgIpc) is 2.55. The SMILES string of the molecule is COc1ccc([N+](=O)[O-])cc1S(=O)(=O)N(c1ccc(Cl)cc1)C(C)C. The van der Waals surface area contributed by atoms with Crippen molar-refractivity contribution in [1.29, 1.82) is 0 Å². The molecule has 9 heteroatoms. The largest absolute Gasteiger partial charge is 0.495 e. The van der Waals surface area contributed by atoms with Crippen molar-refractivity contribution in [3.8, 4) is 5.75 Å². The van der Waals surface area contributed by atoms with Crippen LogP contribution in [-0.4, -0.2) is 26.5 Å². The number of hydrogen-bond donors (Lipinski definition) is 0. The molecule has 0 heterocycles. The molecular formula is C16H17ClN2O5S. The maximum Gasteiger partial charge on any atom is 0.271 e. The van der Waals surface area contributed by atoms with Gasteiger partial charge in [-0.15, -0.1) is 0 Å². The fourth-order valence-electron chi connectivity index (χ4n) is 2.39. The first-order chi connectivity index (χ1) is 11.7. The number of methoxy groups -OCH3 is 1. The second-order valence-electron chi connectivity index (χ2n) is 5.46. The summed E-state index contributed by atoms with van der Waals surface area (Å²) < 4.78 is 32.7. The minimum Gasteiger partial charge on any atom is -0.495 e. The Hall–Kier alpha value is -2.32. The van der Waals surface area contributed by atoms with Crippen molar-refractivity contribution < 1.29 is 18.1 Å². The first-order valence-electron chi connectivity index (χ1n) is 7.31. The summed E-state index contributed by atoms with van der Waals surface area (Å²) in [6.07, 6.45) is 0. The topological polar surface area (TPSA) is 89.7 Å². The van der Waals surface area contributed by atoms with Gasteiger partial charge >= 0.3 is 0 Å². The molecule has 0 aromatic heterocycles. The van der Waals surface area contributed by atoms with E-state index in [9.17, 15) is 18.5 Å². The van der Waals surface area contributed by atoms with Crippen LogP contribution in [-0.2, 0) is 10.0 Å².